The van der Waals surface area contributed by atoms with E-state index < -0.39 is 11.7 Å². The summed E-state index contributed by atoms with van der Waals surface area (Å²) in [5.74, 6) is 0.0658. The number of fused-ring (bicyclic) bond motifs is 2. The molecule has 2 aliphatic rings. The molecule has 3 unspecified atom stereocenters. The quantitative estimate of drug-likeness (QED) is 0.538. The van der Waals surface area contributed by atoms with E-state index >= 15 is 0 Å². The number of nitrogens with zero attached hydrogens (tertiary/aromatic N) is 3. The highest BCUT2D eigenvalue weighted by Crippen LogP contribution is 2.41. The largest absolute Gasteiger partial charge is 0.472 e. The van der Waals surface area contributed by atoms with Gasteiger partial charge >= 0.3 is 6.18 Å². The Labute approximate surface area is 189 Å². The van der Waals surface area contributed by atoms with E-state index in [1.165, 1.54) is 6.07 Å². The van der Waals surface area contributed by atoms with Gasteiger partial charge in [0, 0.05) is 42.0 Å². The van der Waals surface area contributed by atoms with Gasteiger partial charge in [-0.1, -0.05) is 18.2 Å². The summed E-state index contributed by atoms with van der Waals surface area (Å²) in [6, 6.07) is 13.3. The monoisotopic (exact) mass is 453 g/mol. The van der Waals surface area contributed by atoms with Crippen LogP contribution in [0.2, 0.25) is 0 Å². The van der Waals surface area contributed by atoms with Gasteiger partial charge in [-0.2, -0.15) is 13.2 Å². The second-order valence-electron chi connectivity index (χ2n) is 8.50. The van der Waals surface area contributed by atoms with Crippen molar-refractivity contribution >= 4 is 5.91 Å². The first-order valence-corrected chi connectivity index (χ1v) is 10.9. The van der Waals surface area contributed by atoms with E-state index in [4.69, 9.17) is 4.74 Å². The van der Waals surface area contributed by atoms with Crippen LogP contribution in [0.15, 0.2) is 60.9 Å². The Morgan fingerprint density at radius 3 is 2.61 bits per heavy atom. The predicted octanol–water partition coefficient (Wildman–Crippen LogP) is 5.30. The Bertz CT molecular complexity index is 1170. The van der Waals surface area contributed by atoms with Crippen molar-refractivity contribution in [3.8, 4) is 17.1 Å². The molecule has 33 heavy (non-hydrogen) atoms. The first kappa shape index (κ1) is 21.4. The van der Waals surface area contributed by atoms with E-state index in [0.717, 1.165) is 41.9 Å². The molecule has 0 spiro atoms. The molecule has 2 saturated heterocycles. The normalized spacial score (nSPS) is 21.9. The van der Waals surface area contributed by atoms with Gasteiger partial charge in [0.2, 0.25) is 5.88 Å². The Morgan fingerprint density at radius 2 is 1.91 bits per heavy atom. The SMILES string of the molecule is Cc1cccc(C(=O)N2C3CCC2C(Oc2ccc(C(F)(F)F)cn2)C3)c1-c1ccccn1. The maximum absolute atomic E-state index is 13.7. The first-order valence-electron chi connectivity index (χ1n) is 10.9. The summed E-state index contributed by atoms with van der Waals surface area (Å²) < 4.78 is 44.4. The number of pyridine rings is 2. The molecule has 5 nitrogen and oxygen atoms in total. The standard InChI is InChI=1S/C25H22F3N3O2/c1-15-5-4-6-18(23(15)19-7-2-3-12-29-19)24(32)31-17-9-10-20(31)21(13-17)33-22-11-8-16(14-30-22)25(26,27)28/h2-8,11-12,14,17,20-21H,9-10,13H2,1H3. The second-order valence-corrected chi connectivity index (χ2v) is 8.50. The zero-order valence-corrected chi connectivity index (χ0v) is 17.9. The van der Waals surface area contributed by atoms with E-state index in [0.29, 0.717) is 12.0 Å². The van der Waals surface area contributed by atoms with Crippen LogP contribution in [0.1, 0.15) is 40.7 Å². The van der Waals surface area contributed by atoms with Crippen molar-refractivity contribution in [2.75, 3.05) is 0 Å². The molecule has 8 heteroatoms. The van der Waals surface area contributed by atoms with Crippen LogP contribution in [0, 0.1) is 6.92 Å². The Kier molecular flexibility index (Phi) is 5.31. The summed E-state index contributed by atoms with van der Waals surface area (Å²) in [6.07, 6.45) is 0.0198. The highest BCUT2D eigenvalue weighted by atomic mass is 19.4. The summed E-state index contributed by atoms with van der Waals surface area (Å²) in [5, 5.41) is 0. The smallest absolute Gasteiger partial charge is 0.417 e. The molecular formula is C25H22F3N3O2. The van der Waals surface area contributed by atoms with Crippen LogP contribution >= 0.6 is 0 Å². The number of alkyl halides is 3. The van der Waals surface area contributed by atoms with Crippen LogP contribution in [0.3, 0.4) is 0 Å². The molecule has 2 aromatic heterocycles. The lowest BCUT2D eigenvalue weighted by molar-refractivity contribution is -0.137. The number of carbonyl (C=O) groups excluding carboxylic acids is 1. The summed E-state index contributed by atoms with van der Waals surface area (Å²) in [6.45, 7) is 1.96. The molecule has 1 aromatic carbocycles. The van der Waals surface area contributed by atoms with Gasteiger partial charge in [0.05, 0.1) is 17.3 Å². The maximum Gasteiger partial charge on any atom is 0.417 e. The molecule has 3 aromatic rings. The van der Waals surface area contributed by atoms with Gasteiger partial charge in [-0.05, 0) is 49.6 Å². The van der Waals surface area contributed by atoms with Gasteiger partial charge in [0.25, 0.3) is 5.91 Å². The predicted molar refractivity (Wildman–Crippen MR) is 116 cm³/mol. The number of hydrogen-bond acceptors (Lipinski definition) is 4. The van der Waals surface area contributed by atoms with E-state index in [2.05, 4.69) is 9.97 Å². The number of ether oxygens (including phenoxy) is 1. The minimum atomic E-state index is -4.44. The molecule has 2 bridgehead atoms. The fourth-order valence-corrected chi connectivity index (χ4v) is 4.99. The lowest BCUT2D eigenvalue weighted by Crippen LogP contribution is -2.39. The van der Waals surface area contributed by atoms with E-state index in [9.17, 15) is 18.0 Å². The van der Waals surface area contributed by atoms with E-state index in [-0.39, 0.29) is 30.0 Å². The molecule has 170 valence electrons. The van der Waals surface area contributed by atoms with E-state index in [1.807, 2.05) is 48.2 Å². The molecular weight excluding hydrogens is 431 g/mol. The van der Waals surface area contributed by atoms with Crippen LogP contribution in [0.25, 0.3) is 11.3 Å². The van der Waals surface area contributed by atoms with Gasteiger partial charge in [0.1, 0.15) is 6.10 Å². The Balaban J connectivity index is 1.39. The third-order valence-corrected chi connectivity index (χ3v) is 6.47. The van der Waals surface area contributed by atoms with Crippen molar-refractivity contribution in [1.29, 1.82) is 0 Å². The summed E-state index contributed by atoms with van der Waals surface area (Å²) >= 11 is 0. The third kappa shape index (κ3) is 3.94. The minimum Gasteiger partial charge on any atom is -0.472 e. The van der Waals surface area contributed by atoms with Gasteiger partial charge in [-0.25, -0.2) is 4.98 Å². The van der Waals surface area contributed by atoms with Gasteiger partial charge in [-0.15, -0.1) is 0 Å². The minimum absolute atomic E-state index is 0.0269. The molecule has 2 aliphatic heterocycles. The topological polar surface area (TPSA) is 55.3 Å². The number of rotatable bonds is 4. The maximum atomic E-state index is 13.7. The summed E-state index contributed by atoms with van der Waals surface area (Å²) in [4.78, 5) is 23.9. The number of aryl methyl sites for hydroxylation is 1. The molecule has 0 saturated carbocycles. The molecule has 2 fully saturated rings. The number of amides is 1. The molecule has 0 radical (unpaired) electrons. The first-order chi connectivity index (χ1) is 15.8. The molecule has 0 N–H and O–H groups in total. The second kappa shape index (κ2) is 8.17. The van der Waals surface area contributed by atoms with Crippen molar-refractivity contribution in [1.82, 2.24) is 14.9 Å². The fraction of sp³-hybridized carbons (Fsp3) is 0.320. The number of benzene rings is 1. The molecule has 0 aliphatic carbocycles. The highest BCUT2D eigenvalue weighted by molar-refractivity contribution is 6.01. The van der Waals surface area contributed by atoms with Gasteiger partial charge < -0.3 is 9.64 Å². The third-order valence-electron chi connectivity index (χ3n) is 6.47. The van der Waals surface area contributed by atoms with Crippen LogP contribution in [-0.2, 0) is 6.18 Å². The van der Waals surface area contributed by atoms with E-state index in [1.54, 1.807) is 6.20 Å². The van der Waals surface area contributed by atoms with Crippen LogP contribution in [-0.4, -0.2) is 39.0 Å². The average Bonchev–Trinajstić information content (AvgIpc) is 3.36. The summed E-state index contributed by atoms with van der Waals surface area (Å²) in [7, 11) is 0. The van der Waals surface area contributed by atoms with Crippen molar-refractivity contribution in [3.05, 3.63) is 77.6 Å². The van der Waals surface area contributed by atoms with Gasteiger partial charge in [-0.3, -0.25) is 9.78 Å². The molecule has 5 rings (SSSR count). The lowest BCUT2D eigenvalue weighted by Gasteiger charge is -2.26. The van der Waals surface area contributed by atoms with Crippen molar-refractivity contribution in [2.45, 2.75) is 50.6 Å². The Morgan fingerprint density at radius 1 is 1.06 bits per heavy atom. The molecule has 1 amide bonds. The number of carbonyl (C=O) groups is 1. The molecule has 4 heterocycles. The summed E-state index contributed by atoms with van der Waals surface area (Å²) in [5.41, 5.74) is 2.30. The number of hydrogen-bond donors (Lipinski definition) is 0. The lowest BCUT2D eigenvalue weighted by atomic mass is 9.97. The number of aromatic nitrogens is 2. The van der Waals surface area contributed by atoms with Crippen molar-refractivity contribution in [3.63, 3.8) is 0 Å². The average molecular weight is 453 g/mol. The zero-order chi connectivity index (χ0) is 23.2. The molecule has 3 atom stereocenters. The Hall–Kier alpha value is -3.42. The van der Waals surface area contributed by atoms with Crippen molar-refractivity contribution < 1.29 is 22.7 Å². The van der Waals surface area contributed by atoms with Crippen LogP contribution in [0.4, 0.5) is 13.2 Å². The highest BCUT2D eigenvalue weighted by Gasteiger charge is 2.50. The van der Waals surface area contributed by atoms with Crippen molar-refractivity contribution in [2.24, 2.45) is 0 Å². The van der Waals surface area contributed by atoms with Crippen LogP contribution < -0.4 is 4.74 Å². The zero-order valence-electron chi connectivity index (χ0n) is 17.9. The van der Waals surface area contributed by atoms with Gasteiger partial charge in [0.15, 0.2) is 0 Å². The van der Waals surface area contributed by atoms with Crippen LogP contribution in [0.5, 0.6) is 5.88 Å². The fourth-order valence-electron chi connectivity index (χ4n) is 4.99. The number of halogens is 3.